The van der Waals surface area contributed by atoms with E-state index in [-0.39, 0.29) is 30.1 Å². The van der Waals surface area contributed by atoms with Crippen LogP contribution in [0.25, 0.3) is 0 Å². The first-order valence-corrected chi connectivity index (χ1v) is 9.08. The Hall–Kier alpha value is -1.88. The summed E-state index contributed by atoms with van der Waals surface area (Å²) in [5.74, 6) is 0.836. The number of benzene rings is 1. The van der Waals surface area contributed by atoms with Gasteiger partial charge in [-0.1, -0.05) is 6.07 Å². The summed E-state index contributed by atoms with van der Waals surface area (Å²) in [6.07, 6.45) is 3.61. The zero-order valence-corrected chi connectivity index (χ0v) is 15.0. The summed E-state index contributed by atoms with van der Waals surface area (Å²) >= 11 is 0. The molecule has 25 heavy (non-hydrogen) atoms. The summed E-state index contributed by atoms with van der Waals surface area (Å²) < 4.78 is 17.0. The van der Waals surface area contributed by atoms with Crippen LogP contribution < -0.4 is 4.74 Å². The Balaban J connectivity index is 1.90. The molecule has 2 heterocycles. The molecule has 1 aromatic carbocycles. The van der Waals surface area contributed by atoms with Gasteiger partial charge in [0.05, 0.1) is 19.3 Å². The number of hydrogen-bond acceptors (Lipinski definition) is 5. The lowest BCUT2D eigenvalue weighted by Gasteiger charge is -2.32. The molecule has 0 amide bonds. The van der Waals surface area contributed by atoms with Crippen molar-refractivity contribution in [3.05, 3.63) is 29.3 Å². The quantitative estimate of drug-likeness (QED) is 0.728. The molecular weight excluding hydrogens is 320 g/mol. The number of carbonyl (C=O) groups excluding carboxylic acids is 2. The zero-order valence-electron chi connectivity index (χ0n) is 15.0. The van der Waals surface area contributed by atoms with Crippen molar-refractivity contribution >= 4 is 11.8 Å². The van der Waals surface area contributed by atoms with E-state index in [4.69, 9.17) is 14.2 Å². The number of rotatable bonds is 1. The first kappa shape index (κ1) is 17.9. The van der Waals surface area contributed by atoms with E-state index in [0.717, 1.165) is 36.1 Å². The van der Waals surface area contributed by atoms with Crippen LogP contribution in [0, 0.1) is 0 Å². The van der Waals surface area contributed by atoms with Crippen LogP contribution in [-0.2, 0) is 25.5 Å². The lowest BCUT2D eigenvalue weighted by Crippen LogP contribution is -2.32. The predicted octanol–water partition coefficient (Wildman–Crippen LogP) is 3.53. The molecule has 0 N–H and O–H groups in total. The minimum absolute atomic E-state index is 0.170. The average molecular weight is 346 g/mol. The number of cyclic esters (lactones) is 1. The second-order valence-corrected chi connectivity index (χ2v) is 7.00. The van der Waals surface area contributed by atoms with Crippen molar-refractivity contribution in [1.82, 2.24) is 0 Å². The Bertz CT molecular complexity index is 639. The van der Waals surface area contributed by atoms with Crippen LogP contribution in [0.1, 0.15) is 62.7 Å². The fourth-order valence-corrected chi connectivity index (χ4v) is 3.72. The van der Waals surface area contributed by atoms with Gasteiger partial charge in [-0.25, -0.2) is 0 Å². The smallest absolute Gasteiger partial charge is 0.306 e. The molecule has 1 aromatic rings. The zero-order chi connectivity index (χ0) is 17.8. The molecular formula is C20H26O5. The van der Waals surface area contributed by atoms with Gasteiger partial charge in [0.25, 0.3) is 0 Å². The number of hydrogen-bond donors (Lipinski definition) is 0. The maximum Gasteiger partial charge on any atom is 0.306 e. The Morgan fingerprint density at radius 1 is 1.12 bits per heavy atom. The van der Waals surface area contributed by atoms with Crippen LogP contribution in [-0.4, -0.2) is 31.1 Å². The summed E-state index contributed by atoms with van der Waals surface area (Å²) in [7, 11) is 1.65. The van der Waals surface area contributed by atoms with Crippen LogP contribution >= 0.6 is 0 Å². The third-order valence-electron chi connectivity index (χ3n) is 4.93. The van der Waals surface area contributed by atoms with E-state index >= 15 is 0 Å². The molecule has 3 rings (SSSR count). The SMILES string of the molecule is COc1ccc2c(c1)CCCCC(=O)OC(C)C[C@H]1CC(=O)C[C@@H]2O1. The fourth-order valence-electron chi connectivity index (χ4n) is 3.72. The molecule has 0 spiro atoms. The second kappa shape index (κ2) is 8.00. The summed E-state index contributed by atoms with van der Waals surface area (Å²) in [5.41, 5.74) is 2.21. The normalized spacial score (nSPS) is 28.0. The van der Waals surface area contributed by atoms with Crippen molar-refractivity contribution in [2.45, 2.75) is 70.2 Å². The van der Waals surface area contributed by atoms with Gasteiger partial charge in [-0.3, -0.25) is 9.59 Å². The van der Waals surface area contributed by atoms with Gasteiger partial charge in [-0.05, 0) is 49.4 Å². The molecule has 1 fully saturated rings. The molecule has 136 valence electrons. The molecule has 5 heteroatoms. The number of aryl methyl sites for hydroxylation is 1. The Morgan fingerprint density at radius 2 is 1.92 bits per heavy atom. The standard InChI is InChI=1S/C20H26O5/c1-13-9-17-11-15(21)12-19(25-17)18-8-7-16(23-2)10-14(18)5-3-4-6-20(22)24-13/h7-8,10,13,17,19H,3-6,9,11-12H2,1-2H3/t13?,17-,19-/m0/s1. The number of esters is 1. The van der Waals surface area contributed by atoms with Crippen molar-refractivity contribution in [3.8, 4) is 5.75 Å². The van der Waals surface area contributed by atoms with Crippen molar-refractivity contribution in [2.75, 3.05) is 7.11 Å². The van der Waals surface area contributed by atoms with E-state index < -0.39 is 0 Å². The molecule has 1 unspecified atom stereocenters. The molecule has 1 saturated heterocycles. The second-order valence-electron chi connectivity index (χ2n) is 7.00. The molecule has 2 bridgehead atoms. The number of Topliss-reactive ketones (excluding diaryl/α,β-unsaturated/α-hetero) is 1. The van der Waals surface area contributed by atoms with Gasteiger partial charge in [0.2, 0.25) is 0 Å². The topological polar surface area (TPSA) is 61.8 Å². The number of carbonyl (C=O) groups is 2. The number of ketones is 1. The van der Waals surface area contributed by atoms with Crippen LogP contribution in [0.5, 0.6) is 5.75 Å². The van der Waals surface area contributed by atoms with Crippen molar-refractivity contribution in [1.29, 1.82) is 0 Å². The summed E-state index contributed by atoms with van der Waals surface area (Å²) in [6.45, 7) is 1.87. The van der Waals surface area contributed by atoms with Gasteiger partial charge in [0.15, 0.2) is 0 Å². The molecule has 5 nitrogen and oxygen atoms in total. The van der Waals surface area contributed by atoms with E-state index in [1.54, 1.807) is 7.11 Å². The van der Waals surface area contributed by atoms with Crippen molar-refractivity contribution in [3.63, 3.8) is 0 Å². The van der Waals surface area contributed by atoms with Crippen LogP contribution in [0.15, 0.2) is 18.2 Å². The highest BCUT2D eigenvalue weighted by Gasteiger charge is 2.32. The van der Waals surface area contributed by atoms with Gasteiger partial charge in [-0.15, -0.1) is 0 Å². The summed E-state index contributed by atoms with van der Waals surface area (Å²) in [6, 6.07) is 5.95. The third kappa shape index (κ3) is 4.60. The van der Waals surface area contributed by atoms with Gasteiger partial charge in [0.1, 0.15) is 17.6 Å². The monoisotopic (exact) mass is 346 g/mol. The van der Waals surface area contributed by atoms with Crippen molar-refractivity contribution in [2.24, 2.45) is 0 Å². The van der Waals surface area contributed by atoms with Crippen molar-refractivity contribution < 1.29 is 23.8 Å². The van der Waals surface area contributed by atoms with Gasteiger partial charge < -0.3 is 14.2 Å². The number of ether oxygens (including phenoxy) is 3. The number of fused-ring (bicyclic) bond motifs is 4. The molecule has 0 radical (unpaired) electrons. The number of methoxy groups -OCH3 is 1. The first-order valence-electron chi connectivity index (χ1n) is 9.08. The first-order chi connectivity index (χ1) is 12.0. The Labute approximate surface area is 148 Å². The van der Waals surface area contributed by atoms with Gasteiger partial charge in [-0.2, -0.15) is 0 Å². The van der Waals surface area contributed by atoms with E-state index in [0.29, 0.717) is 25.7 Å². The van der Waals surface area contributed by atoms with Gasteiger partial charge >= 0.3 is 5.97 Å². The minimum atomic E-state index is -0.236. The molecule has 0 aliphatic carbocycles. The minimum Gasteiger partial charge on any atom is -0.497 e. The fraction of sp³-hybridized carbons (Fsp3) is 0.600. The lowest BCUT2D eigenvalue weighted by molar-refractivity contribution is -0.152. The lowest BCUT2D eigenvalue weighted by atomic mass is 9.91. The Morgan fingerprint density at radius 3 is 2.72 bits per heavy atom. The largest absolute Gasteiger partial charge is 0.497 e. The molecule has 2 aliphatic rings. The molecule has 2 aliphatic heterocycles. The highest BCUT2D eigenvalue weighted by atomic mass is 16.5. The average Bonchev–Trinajstić information content (AvgIpc) is 2.57. The van der Waals surface area contributed by atoms with Crippen LogP contribution in [0.3, 0.4) is 0 Å². The van der Waals surface area contributed by atoms with E-state index in [1.165, 1.54) is 0 Å². The van der Waals surface area contributed by atoms with E-state index in [9.17, 15) is 9.59 Å². The van der Waals surface area contributed by atoms with Gasteiger partial charge in [0, 0.05) is 25.7 Å². The van der Waals surface area contributed by atoms with E-state index in [2.05, 4.69) is 0 Å². The summed E-state index contributed by atoms with van der Waals surface area (Å²) in [5, 5.41) is 0. The predicted molar refractivity (Wildman–Crippen MR) is 92.6 cm³/mol. The highest BCUT2D eigenvalue weighted by molar-refractivity contribution is 5.80. The summed E-state index contributed by atoms with van der Waals surface area (Å²) in [4.78, 5) is 24.2. The maximum atomic E-state index is 12.3. The maximum absolute atomic E-state index is 12.3. The van der Waals surface area contributed by atoms with Crippen LogP contribution in [0.4, 0.5) is 0 Å². The highest BCUT2D eigenvalue weighted by Crippen LogP contribution is 2.35. The molecule has 0 aromatic heterocycles. The third-order valence-corrected chi connectivity index (χ3v) is 4.93. The molecule has 0 saturated carbocycles. The van der Waals surface area contributed by atoms with Crippen LogP contribution in [0.2, 0.25) is 0 Å². The van der Waals surface area contributed by atoms with E-state index in [1.807, 2.05) is 25.1 Å². The Kier molecular flexibility index (Phi) is 5.74. The molecule has 3 atom stereocenters.